The van der Waals surface area contributed by atoms with Gasteiger partial charge in [0.05, 0.1) is 26.4 Å². The number of unbranched alkanes of at least 4 members (excludes halogenated alkanes) is 38. The minimum absolute atomic E-state index is 0.105. The molecule has 3 N–H and O–H groups in total. The van der Waals surface area contributed by atoms with E-state index < -0.39 is 97.5 Å². The Morgan fingerprint density at radius 3 is 0.660 bits per heavy atom. The van der Waals surface area contributed by atoms with Crippen molar-refractivity contribution in [1.29, 1.82) is 0 Å². The van der Waals surface area contributed by atoms with Crippen molar-refractivity contribution in [3.63, 3.8) is 0 Å². The van der Waals surface area contributed by atoms with Crippen molar-refractivity contribution in [3.8, 4) is 0 Å². The fourth-order valence-corrected chi connectivity index (χ4v) is 13.0. The zero-order valence-electron chi connectivity index (χ0n) is 61.6. The van der Waals surface area contributed by atoms with Gasteiger partial charge in [0.25, 0.3) is 0 Å². The Morgan fingerprint density at radius 1 is 0.266 bits per heavy atom. The molecule has 0 aromatic carbocycles. The summed E-state index contributed by atoms with van der Waals surface area (Å²) in [5.74, 6) is 0.886. The number of carbonyl (C=O) groups excluding carboxylic acids is 4. The molecule has 5 atom stereocenters. The molecule has 558 valence electrons. The van der Waals surface area contributed by atoms with E-state index in [4.69, 9.17) is 37.0 Å². The molecule has 0 heterocycles. The van der Waals surface area contributed by atoms with Crippen LogP contribution in [0, 0.1) is 23.7 Å². The molecule has 17 nitrogen and oxygen atoms in total. The molecule has 0 spiro atoms. The van der Waals surface area contributed by atoms with E-state index in [9.17, 15) is 43.2 Å². The van der Waals surface area contributed by atoms with Gasteiger partial charge in [0.2, 0.25) is 0 Å². The molecule has 0 amide bonds. The van der Waals surface area contributed by atoms with Crippen LogP contribution in [0.15, 0.2) is 0 Å². The normalized spacial score (nSPS) is 14.2. The summed E-state index contributed by atoms with van der Waals surface area (Å²) in [4.78, 5) is 72.7. The van der Waals surface area contributed by atoms with Crippen molar-refractivity contribution in [2.75, 3.05) is 39.6 Å². The third-order valence-corrected chi connectivity index (χ3v) is 19.2. The molecule has 0 aromatic rings. The molecule has 0 aliphatic heterocycles. The van der Waals surface area contributed by atoms with Gasteiger partial charge < -0.3 is 33.8 Å². The van der Waals surface area contributed by atoms with Crippen LogP contribution in [0.2, 0.25) is 0 Å². The van der Waals surface area contributed by atoms with Crippen molar-refractivity contribution in [2.24, 2.45) is 23.7 Å². The third-order valence-electron chi connectivity index (χ3n) is 17.3. The Kier molecular flexibility index (Phi) is 63.1. The Hall–Kier alpha value is -1.94. The minimum atomic E-state index is -4.96. The second-order valence-corrected chi connectivity index (χ2v) is 31.9. The molecule has 94 heavy (non-hydrogen) atoms. The lowest BCUT2D eigenvalue weighted by Crippen LogP contribution is -2.30. The first-order chi connectivity index (χ1) is 45.1. The zero-order chi connectivity index (χ0) is 69.6. The zero-order valence-corrected chi connectivity index (χ0v) is 63.4. The van der Waals surface area contributed by atoms with E-state index in [1.165, 1.54) is 173 Å². The lowest BCUT2D eigenvalue weighted by molar-refractivity contribution is -0.161. The summed E-state index contributed by atoms with van der Waals surface area (Å²) in [5, 5.41) is 10.6. The van der Waals surface area contributed by atoms with Crippen LogP contribution in [-0.4, -0.2) is 96.7 Å². The molecule has 0 fully saturated rings. The predicted molar refractivity (Wildman–Crippen MR) is 381 cm³/mol. The summed E-state index contributed by atoms with van der Waals surface area (Å²) in [5.41, 5.74) is 0. The molecule has 19 heteroatoms. The summed E-state index contributed by atoms with van der Waals surface area (Å²) in [7, 11) is -9.91. The predicted octanol–water partition coefficient (Wildman–Crippen LogP) is 21.7. The van der Waals surface area contributed by atoms with Gasteiger partial charge in [0.1, 0.15) is 19.3 Å². The molecular weight excluding hydrogens is 1230 g/mol. The van der Waals surface area contributed by atoms with E-state index in [1.807, 2.05) is 0 Å². The number of phosphoric acid groups is 2. The average Bonchev–Trinajstić information content (AvgIpc) is 1.47. The maximum atomic E-state index is 13.1. The minimum Gasteiger partial charge on any atom is -0.462 e. The molecule has 2 unspecified atom stereocenters. The second-order valence-electron chi connectivity index (χ2n) is 28.9. The molecular formula is C75H146O17P2. The van der Waals surface area contributed by atoms with Crippen molar-refractivity contribution >= 4 is 39.5 Å². The van der Waals surface area contributed by atoms with Crippen LogP contribution < -0.4 is 0 Å². The number of ether oxygens (including phenoxy) is 4. The van der Waals surface area contributed by atoms with Crippen LogP contribution in [0.4, 0.5) is 0 Å². The number of hydrogen-bond acceptors (Lipinski definition) is 15. The van der Waals surface area contributed by atoms with E-state index in [-0.39, 0.29) is 25.7 Å². The van der Waals surface area contributed by atoms with Gasteiger partial charge in [-0.05, 0) is 49.4 Å². The number of hydrogen-bond donors (Lipinski definition) is 3. The number of aliphatic hydroxyl groups is 1. The van der Waals surface area contributed by atoms with Gasteiger partial charge in [-0.1, -0.05) is 325 Å². The van der Waals surface area contributed by atoms with E-state index in [0.717, 1.165) is 114 Å². The van der Waals surface area contributed by atoms with Gasteiger partial charge in [-0.2, -0.15) is 0 Å². The van der Waals surface area contributed by atoms with Gasteiger partial charge >= 0.3 is 39.5 Å². The first kappa shape index (κ1) is 92.1. The summed E-state index contributed by atoms with van der Waals surface area (Å²) in [6.45, 7) is 14.1. The van der Waals surface area contributed by atoms with Crippen LogP contribution in [0.3, 0.4) is 0 Å². The molecule has 0 radical (unpaired) electrons. The maximum absolute atomic E-state index is 13.1. The smallest absolute Gasteiger partial charge is 0.462 e. The van der Waals surface area contributed by atoms with Gasteiger partial charge in [0.15, 0.2) is 12.2 Å². The lowest BCUT2D eigenvalue weighted by atomic mass is 10.0. The number of carbonyl (C=O) groups is 4. The first-order valence-corrected chi connectivity index (χ1v) is 41.7. The van der Waals surface area contributed by atoms with Crippen LogP contribution in [0.25, 0.3) is 0 Å². The van der Waals surface area contributed by atoms with Gasteiger partial charge in [-0.3, -0.25) is 37.3 Å². The maximum Gasteiger partial charge on any atom is 0.472 e. The SMILES string of the molecule is CC(C)CCCCCCCCCCCCCCCCC(=O)O[C@H](COC(=O)CCCCCCCCCCCCC(C)C)COP(=O)(O)OC[C@@H](O)COP(=O)(O)OC[C@@H](COC(=O)CCCCCCCCC(C)C)OC(=O)CCCCCCCCCCCCCCC(C)C. The fraction of sp³-hybridized carbons (Fsp3) is 0.947. The lowest BCUT2D eigenvalue weighted by Gasteiger charge is -2.21. The quantitative estimate of drug-likeness (QED) is 0.0222. The summed E-state index contributed by atoms with van der Waals surface area (Å²) < 4.78 is 68.5. The van der Waals surface area contributed by atoms with E-state index in [2.05, 4.69) is 55.4 Å². The topological polar surface area (TPSA) is 237 Å². The highest BCUT2D eigenvalue weighted by molar-refractivity contribution is 7.47. The van der Waals surface area contributed by atoms with Crippen molar-refractivity contribution in [2.45, 2.75) is 395 Å². The van der Waals surface area contributed by atoms with E-state index in [0.29, 0.717) is 31.6 Å². The Balaban J connectivity index is 5.24. The van der Waals surface area contributed by atoms with Crippen LogP contribution in [0.1, 0.15) is 376 Å². The summed E-state index contributed by atoms with van der Waals surface area (Å²) in [6.07, 6.45) is 48.7. The van der Waals surface area contributed by atoms with Gasteiger partial charge in [-0.15, -0.1) is 0 Å². The van der Waals surface area contributed by atoms with Gasteiger partial charge in [0, 0.05) is 25.7 Å². The highest BCUT2D eigenvalue weighted by atomic mass is 31.2. The largest absolute Gasteiger partial charge is 0.472 e. The molecule has 0 aliphatic rings. The number of phosphoric ester groups is 2. The van der Waals surface area contributed by atoms with E-state index >= 15 is 0 Å². The Morgan fingerprint density at radius 2 is 0.447 bits per heavy atom. The van der Waals surface area contributed by atoms with Crippen molar-refractivity contribution in [1.82, 2.24) is 0 Å². The molecule has 0 rings (SSSR count). The Bertz CT molecular complexity index is 1850. The molecule has 0 saturated carbocycles. The second kappa shape index (κ2) is 64.4. The number of rotatable bonds is 72. The molecule has 0 saturated heterocycles. The molecule has 0 aliphatic carbocycles. The van der Waals surface area contributed by atoms with E-state index in [1.54, 1.807) is 0 Å². The average molecular weight is 1380 g/mol. The molecule has 0 aromatic heterocycles. The first-order valence-electron chi connectivity index (χ1n) is 38.7. The van der Waals surface area contributed by atoms with Crippen LogP contribution >= 0.6 is 15.6 Å². The summed E-state index contributed by atoms with van der Waals surface area (Å²) >= 11 is 0. The fourth-order valence-electron chi connectivity index (χ4n) is 11.4. The van der Waals surface area contributed by atoms with Crippen LogP contribution in [-0.2, 0) is 65.4 Å². The van der Waals surface area contributed by atoms with Crippen LogP contribution in [0.5, 0.6) is 0 Å². The number of esters is 4. The third kappa shape index (κ3) is 68.6. The molecule has 0 bridgehead atoms. The Labute approximate surface area is 575 Å². The number of aliphatic hydroxyl groups excluding tert-OH is 1. The standard InChI is InChI=1S/C75H146O17P2/c1-65(2)51-43-35-27-21-15-11-9-10-12-17-25-31-41-49-57-74(79)91-70(61-85-72(77)55-47-39-30-24-20-19-23-29-37-45-53-67(5)6)63-89-93(81,82)87-59-69(76)60-88-94(83,84)90-64-71(62-86-73(78)56-48-40-34-33-38-46-54-68(7)8)92-75(80)58-50-42-32-26-18-14-13-16-22-28-36-44-52-66(3)4/h65-71,76H,9-64H2,1-8H3,(H,81,82)(H,83,84)/t69-,70-,71-/m1/s1. The summed E-state index contributed by atoms with van der Waals surface area (Å²) in [6, 6.07) is 0. The highest BCUT2D eigenvalue weighted by Gasteiger charge is 2.30. The monoisotopic (exact) mass is 1380 g/mol. The van der Waals surface area contributed by atoms with Crippen molar-refractivity contribution in [3.05, 3.63) is 0 Å². The van der Waals surface area contributed by atoms with Gasteiger partial charge in [-0.25, -0.2) is 9.13 Å². The van der Waals surface area contributed by atoms with Crippen molar-refractivity contribution < 1.29 is 80.2 Å². The highest BCUT2D eigenvalue weighted by Crippen LogP contribution is 2.45.